The Kier molecular flexibility index (Phi) is 3.33. The van der Waals surface area contributed by atoms with Crippen LogP contribution in [0.3, 0.4) is 0 Å². The van der Waals surface area contributed by atoms with Crippen molar-refractivity contribution in [1.82, 2.24) is 4.98 Å². The summed E-state index contributed by atoms with van der Waals surface area (Å²) < 4.78 is 0. The molecule has 0 bridgehead atoms. The molecule has 0 atom stereocenters. The van der Waals surface area contributed by atoms with Gasteiger partial charge in [-0.15, -0.1) is 0 Å². The van der Waals surface area contributed by atoms with Crippen LogP contribution in [-0.2, 0) is 6.42 Å². The van der Waals surface area contributed by atoms with Gasteiger partial charge in [-0.2, -0.15) is 0 Å². The van der Waals surface area contributed by atoms with Crippen LogP contribution in [0.5, 0.6) is 0 Å². The van der Waals surface area contributed by atoms with E-state index < -0.39 is 0 Å². The van der Waals surface area contributed by atoms with Gasteiger partial charge >= 0.3 is 0 Å². The largest absolute Gasteiger partial charge is 0.261 e. The topological polar surface area (TPSA) is 12.9 Å². The monoisotopic (exact) mass is 199 g/mol. The van der Waals surface area contributed by atoms with Crippen LogP contribution < -0.4 is 0 Å². The maximum absolute atomic E-state index is 4.48. The second-order valence-corrected chi connectivity index (χ2v) is 3.98. The van der Waals surface area contributed by atoms with Gasteiger partial charge < -0.3 is 0 Å². The fourth-order valence-corrected chi connectivity index (χ4v) is 1.82. The van der Waals surface area contributed by atoms with Crippen LogP contribution >= 0.6 is 0 Å². The SMILES string of the molecule is CCCCCc1cc2ccccc2cn1. The van der Waals surface area contributed by atoms with E-state index in [1.807, 2.05) is 6.20 Å². The first-order chi connectivity index (χ1) is 7.40. The highest BCUT2D eigenvalue weighted by Crippen LogP contribution is 2.14. The number of nitrogens with zero attached hydrogens (tertiary/aromatic N) is 1. The molecule has 1 heterocycles. The van der Waals surface area contributed by atoms with Gasteiger partial charge in [-0.3, -0.25) is 4.98 Å². The zero-order valence-corrected chi connectivity index (χ0v) is 9.24. The van der Waals surface area contributed by atoms with Gasteiger partial charge in [0.25, 0.3) is 0 Å². The van der Waals surface area contributed by atoms with Crippen molar-refractivity contribution < 1.29 is 0 Å². The zero-order chi connectivity index (χ0) is 10.5. The number of fused-ring (bicyclic) bond motifs is 1. The van der Waals surface area contributed by atoms with Crippen LogP contribution in [-0.4, -0.2) is 4.98 Å². The van der Waals surface area contributed by atoms with E-state index in [4.69, 9.17) is 0 Å². The third-order valence-corrected chi connectivity index (χ3v) is 2.72. The van der Waals surface area contributed by atoms with E-state index in [0.29, 0.717) is 0 Å². The summed E-state index contributed by atoms with van der Waals surface area (Å²) in [7, 11) is 0. The standard InChI is InChI=1S/C14H17N/c1-2-3-4-9-14-10-12-7-5-6-8-13(12)11-15-14/h5-8,10-11H,2-4,9H2,1H3. The molecule has 1 heteroatoms. The number of rotatable bonds is 4. The first-order valence-corrected chi connectivity index (χ1v) is 5.74. The Balaban J connectivity index is 2.16. The Bertz CT molecular complexity index is 434. The van der Waals surface area contributed by atoms with Crippen LogP contribution in [0.15, 0.2) is 36.5 Å². The van der Waals surface area contributed by atoms with E-state index in [-0.39, 0.29) is 0 Å². The van der Waals surface area contributed by atoms with E-state index in [1.54, 1.807) is 0 Å². The number of pyridine rings is 1. The van der Waals surface area contributed by atoms with Gasteiger partial charge in [0.2, 0.25) is 0 Å². The minimum Gasteiger partial charge on any atom is -0.261 e. The number of aromatic nitrogens is 1. The number of hydrogen-bond acceptors (Lipinski definition) is 1. The predicted molar refractivity (Wildman–Crippen MR) is 65.0 cm³/mol. The molecule has 0 amide bonds. The number of benzene rings is 1. The molecule has 0 aliphatic carbocycles. The van der Waals surface area contributed by atoms with Crippen molar-refractivity contribution in [3.63, 3.8) is 0 Å². The lowest BCUT2D eigenvalue weighted by Crippen LogP contribution is -1.89. The van der Waals surface area contributed by atoms with E-state index in [0.717, 1.165) is 6.42 Å². The molecule has 0 fully saturated rings. The average Bonchev–Trinajstić information content (AvgIpc) is 2.29. The molecule has 0 saturated heterocycles. The molecule has 0 saturated carbocycles. The highest BCUT2D eigenvalue weighted by Gasteiger charge is 1.97. The summed E-state index contributed by atoms with van der Waals surface area (Å²) in [6, 6.07) is 10.6. The number of aryl methyl sites for hydroxylation is 1. The van der Waals surface area contributed by atoms with Crippen LogP contribution in [0.25, 0.3) is 10.8 Å². The van der Waals surface area contributed by atoms with Gasteiger partial charge in [0, 0.05) is 17.3 Å². The summed E-state index contributed by atoms with van der Waals surface area (Å²) in [5.74, 6) is 0. The van der Waals surface area contributed by atoms with Gasteiger partial charge in [0.15, 0.2) is 0 Å². The quantitative estimate of drug-likeness (QED) is 0.679. The van der Waals surface area contributed by atoms with Crippen molar-refractivity contribution in [1.29, 1.82) is 0 Å². The summed E-state index contributed by atoms with van der Waals surface area (Å²) in [4.78, 5) is 4.48. The predicted octanol–water partition coefficient (Wildman–Crippen LogP) is 3.97. The molecular formula is C14H17N. The summed E-state index contributed by atoms with van der Waals surface area (Å²) in [5, 5.41) is 2.54. The summed E-state index contributed by atoms with van der Waals surface area (Å²) in [6.07, 6.45) is 6.92. The molecule has 0 N–H and O–H groups in total. The number of unbranched alkanes of at least 4 members (excludes halogenated alkanes) is 2. The molecule has 1 aromatic heterocycles. The average molecular weight is 199 g/mol. The molecule has 78 valence electrons. The maximum Gasteiger partial charge on any atom is 0.0410 e. The summed E-state index contributed by atoms with van der Waals surface area (Å²) >= 11 is 0. The van der Waals surface area contributed by atoms with Crippen molar-refractivity contribution in [3.8, 4) is 0 Å². The van der Waals surface area contributed by atoms with Crippen LogP contribution in [0, 0.1) is 0 Å². The molecule has 0 aliphatic rings. The van der Waals surface area contributed by atoms with Gasteiger partial charge in [-0.25, -0.2) is 0 Å². The Morgan fingerprint density at radius 3 is 2.67 bits per heavy atom. The van der Waals surface area contributed by atoms with E-state index >= 15 is 0 Å². The molecular weight excluding hydrogens is 182 g/mol. The van der Waals surface area contributed by atoms with E-state index in [2.05, 4.69) is 42.2 Å². The van der Waals surface area contributed by atoms with Gasteiger partial charge in [0.05, 0.1) is 0 Å². The van der Waals surface area contributed by atoms with Crippen molar-refractivity contribution in [2.45, 2.75) is 32.6 Å². The van der Waals surface area contributed by atoms with Gasteiger partial charge in [-0.05, 0) is 24.3 Å². The Morgan fingerprint density at radius 1 is 1.07 bits per heavy atom. The zero-order valence-electron chi connectivity index (χ0n) is 9.24. The highest BCUT2D eigenvalue weighted by molar-refractivity contribution is 5.81. The first kappa shape index (κ1) is 10.2. The van der Waals surface area contributed by atoms with E-state index in [9.17, 15) is 0 Å². The molecule has 0 spiro atoms. The molecule has 0 radical (unpaired) electrons. The third-order valence-electron chi connectivity index (χ3n) is 2.72. The van der Waals surface area contributed by atoms with Crippen LogP contribution in [0.1, 0.15) is 31.9 Å². The Labute approximate surface area is 91.2 Å². The fraction of sp³-hybridized carbons (Fsp3) is 0.357. The molecule has 1 nitrogen and oxygen atoms in total. The summed E-state index contributed by atoms with van der Waals surface area (Å²) in [5.41, 5.74) is 1.22. The van der Waals surface area contributed by atoms with Crippen molar-refractivity contribution in [2.24, 2.45) is 0 Å². The number of hydrogen-bond donors (Lipinski definition) is 0. The minimum absolute atomic E-state index is 1.11. The Hall–Kier alpha value is -1.37. The van der Waals surface area contributed by atoms with Crippen molar-refractivity contribution in [3.05, 3.63) is 42.2 Å². The first-order valence-electron chi connectivity index (χ1n) is 5.74. The smallest absolute Gasteiger partial charge is 0.0410 e. The normalized spacial score (nSPS) is 10.7. The molecule has 15 heavy (non-hydrogen) atoms. The molecule has 0 unspecified atom stereocenters. The maximum atomic E-state index is 4.48. The lowest BCUT2D eigenvalue weighted by atomic mass is 10.1. The van der Waals surface area contributed by atoms with Gasteiger partial charge in [0.1, 0.15) is 0 Å². The van der Waals surface area contributed by atoms with Crippen molar-refractivity contribution in [2.75, 3.05) is 0 Å². The van der Waals surface area contributed by atoms with Crippen LogP contribution in [0.4, 0.5) is 0 Å². The molecule has 0 aliphatic heterocycles. The highest BCUT2D eigenvalue weighted by atomic mass is 14.7. The van der Waals surface area contributed by atoms with Crippen LogP contribution in [0.2, 0.25) is 0 Å². The second-order valence-electron chi connectivity index (χ2n) is 3.98. The minimum atomic E-state index is 1.11. The summed E-state index contributed by atoms with van der Waals surface area (Å²) in [6.45, 7) is 2.23. The third kappa shape index (κ3) is 2.56. The van der Waals surface area contributed by atoms with E-state index in [1.165, 1.54) is 35.7 Å². The lowest BCUT2D eigenvalue weighted by Gasteiger charge is -2.02. The second kappa shape index (κ2) is 4.92. The van der Waals surface area contributed by atoms with Crippen molar-refractivity contribution >= 4 is 10.8 Å². The molecule has 1 aromatic carbocycles. The van der Waals surface area contributed by atoms with Gasteiger partial charge in [-0.1, -0.05) is 44.0 Å². The Morgan fingerprint density at radius 2 is 1.87 bits per heavy atom. The molecule has 2 rings (SSSR count). The molecule has 2 aromatic rings. The fourth-order valence-electron chi connectivity index (χ4n) is 1.82. The lowest BCUT2D eigenvalue weighted by molar-refractivity contribution is 0.708.